The highest BCUT2D eigenvalue weighted by molar-refractivity contribution is 14.1. The zero-order chi connectivity index (χ0) is 24.2. The topological polar surface area (TPSA) is 86.2 Å². The number of hydroxylamine groups is 1. The number of carboxylic acid groups (broad SMARTS) is 1. The van der Waals surface area contributed by atoms with Crippen LogP contribution >= 0.6 is 34.2 Å². The molecule has 1 saturated heterocycles. The first-order valence-electron chi connectivity index (χ1n) is 10.6. The van der Waals surface area contributed by atoms with Crippen LogP contribution in [0.2, 0.25) is 5.02 Å². The Hall–Kier alpha value is -2.82. The maximum atomic E-state index is 11.8. The van der Waals surface area contributed by atoms with Gasteiger partial charge in [0.25, 0.3) is 0 Å². The summed E-state index contributed by atoms with van der Waals surface area (Å²) in [5.41, 5.74) is 6.32. The van der Waals surface area contributed by atoms with Gasteiger partial charge < -0.3 is 15.3 Å². The summed E-state index contributed by atoms with van der Waals surface area (Å²) in [6, 6.07) is 20.8. The molecule has 0 radical (unpaired) electrons. The minimum absolute atomic E-state index is 0.137. The van der Waals surface area contributed by atoms with E-state index in [2.05, 4.69) is 38.4 Å². The largest absolute Gasteiger partial charge is 0.478 e. The lowest BCUT2D eigenvalue weighted by atomic mass is 9.95. The number of para-hydroxylation sites is 1. The van der Waals surface area contributed by atoms with Crippen LogP contribution in [0.5, 0.6) is 0 Å². The zero-order valence-electron chi connectivity index (χ0n) is 18.6. The molecular formula is C25H24ClIN4O3. The molecule has 34 heavy (non-hydrogen) atoms. The van der Waals surface area contributed by atoms with Crippen LogP contribution in [0, 0.1) is 9.49 Å². The van der Waals surface area contributed by atoms with Crippen molar-refractivity contribution >= 4 is 63.1 Å². The minimum atomic E-state index is -1.03. The molecule has 7 nitrogen and oxygen atoms in total. The van der Waals surface area contributed by atoms with Crippen molar-refractivity contribution in [3.63, 3.8) is 0 Å². The van der Waals surface area contributed by atoms with E-state index in [-0.39, 0.29) is 17.6 Å². The van der Waals surface area contributed by atoms with Crippen molar-refractivity contribution in [2.75, 3.05) is 30.9 Å². The van der Waals surface area contributed by atoms with Crippen LogP contribution < -0.4 is 15.7 Å². The highest BCUT2D eigenvalue weighted by Crippen LogP contribution is 2.34. The molecule has 0 aromatic heterocycles. The monoisotopic (exact) mass is 590 g/mol. The second-order valence-corrected chi connectivity index (χ2v) is 9.71. The van der Waals surface area contributed by atoms with E-state index >= 15 is 0 Å². The summed E-state index contributed by atoms with van der Waals surface area (Å²) in [6.07, 6.45) is -0.331. The number of nitrogens with zero attached hydrogens (tertiary/aromatic N) is 2. The number of hydrogen-bond acceptors (Lipinski definition) is 5. The number of carboxylic acids is 1. The second-order valence-electron chi connectivity index (χ2n) is 8.06. The molecule has 3 aromatic rings. The molecule has 9 heteroatoms. The van der Waals surface area contributed by atoms with Crippen molar-refractivity contribution in [3.05, 3.63) is 86.4 Å². The van der Waals surface area contributed by atoms with Gasteiger partial charge in [-0.3, -0.25) is 10.3 Å². The first-order valence-corrected chi connectivity index (χ1v) is 12.1. The lowest BCUT2D eigenvalue weighted by Crippen LogP contribution is -2.27. The molecule has 1 aliphatic rings. The quantitative estimate of drug-likeness (QED) is 0.304. The SMILES string of the molecule is CN(C)c1ccc(C2ONC(=Nc3ccc(I)cc3C(=O)O)C2CNc2ccccc2Cl)cc1. The molecule has 1 fully saturated rings. The minimum Gasteiger partial charge on any atom is -0.478 e. The number of anilines is 2. The number of carbonyl (C=O) groups is 1. The van der Waals surface area contributed by atoms with Gasteiger partial charge in [0.1, 0.15) is 11.9 Å². The fourth-order valence-electron chi connectivity index (χ4n) is 3.73. The Morgan fingerprint density at radius 2 is 1.91 bits per heavy atom. The van der Waals surface area contributed by atoms with Gasteiger partial charge in [-0.15, -0.1) is 0 Å². The molecule has 2 unspecified atom stereocenters. The molecule has 0 amide bonds. The molecule has 0 saturated carbocycles. The van der Waals surface area contributed by atoms with Gasteiger partial charge in [-0.2, -0.15) is 0 Å². The molecular weight excluding hydrogens is 567 g/mol. The van der Waals surface area contributed by atoms with E-state index in [0.717, 1.165) is 20.5 Å². The van der Waals surface area contributed by atoms with Crippen LogP contribution in [0.3, 0.4) is 0 Å². The van der Waals surface area contributed by atoms with Crippen molar-refractivity contribution < 1.29 is 14.7 Å². The van der Waals surface area contributed by atoms with Crippen LogP contribution in [0.1, 0.15) is 22.0 Å². The van der Waals surface area contributed by atoms with Crippen molar-refractivity contribution in [3.8, 4) is 0 Å². The van der Waals surface area contributed by atoms with E-state index in [1.165, 1.54) is 0 Å². The third kappa shape index (κ3) is 5.45. The predicted molar refractivity (Wildman–Crippen MR) is 144 cm³/mol. The summed E-state index contributed by atoms with van der Waals surface area (Å²) in [6.45, 7) is 0.475. The van der Waals surface area contributed by atoms with Gasteiger partial charge in [-0.25, -0.2) is 9.79 Å². The third-order valence-electron chi connectivity index (χ3n) is 5.56. The van der Waals surface area contributed by atoms with E-state index < -0.39 is 5.97 Å². The standard InChI is InChI=1S/C25H24ClIN4O3/c1-31(2)17-10-7-15(8-11-17)23-19(14-28-22-6-4-3-5-20(22)26)24(30-34-23)29-21-12-9-16(27)13-18(21)25(32)33/h3-13,19,23,28H,14H2,1-2H3,(H,29,30)(H,32,33). The van der Waals surface area contributed by atoms with Crippen molar-refractivity contribution in [2.24, 2.45) is 10.9 Å². The van der Waals surface area contributed by atoms with E-state index in [9.17, 15) is 9.90 Å². The number of hydrogen-bond donors (Lipinski definition) is 3. The fraction of sp³-hybridized carbons (Fsp3) is 0.200. The van der Waals surface area contributed by atoms with Gasteiger partial charge in [-0.05, 0) is 70.6 Å². The van der Waals surface area contributed by atoms with Gasteiger partial charge in [0.15, 0.2) is 0 Å². The summed E-state index contributed by atoms with van der Waals surface area (Å²) >= 11 is 8.42. The van der Waals surface area contributed by atoms with Crippen LogP contribution in [0.25, 0.3) is 0 Å². The Morgan fingerprint density at radius 1 is 1.18 bits per heavy atom. The predicted octanol–water partition coefficient (Wildman–Crippen LogP) is 5.74. The van der Waals surface area contributed by atoms with Crippen molar-refractivity contribution in [2.45, 2.75) is 6.10 Å². The van der Waals surface area contributed by atoms with Crippen LogP contribution in [0.4, 0.5) is 17.1 Å². The molecule has 176 valence electrons. The number of halogens is 2. The Labute approximate surface area is 216 Å². The summed E-state index contributed by atoms with van der Waals surface area (Å²) in [4.78, 5) is 24.5. The Morgan fingerprint density at radius 3 is 2.59 bits per heavy atom. The molecule has 0 bridgehead atoms. The Balaban J connectivity index is 1.68. The van der Waals surface area contributed by atoms with E-state index in [1.807, 2.05) is 73.6 Å². The lowest BCUT2D eigenvalue weighted by Gasteiger charge is -2.20. The number of aromatic carboxylic acids is 1. The molecule has 0 aliphatic carbocycles. The zero-order valence-corrected chi connectivity index (χ0v) is 21.5. The average Bonchev–Trinajstić information content (AvgIpc) is 3.22. The maximum Gasteiger partial charge on any atom is 0.337 e. The van der Waals surface area contributed by atoms with Crippen LogP contribution in [0.15, 0.2) is 71.7 Å². The third-order valence-corrected chi connectivity index (χ3v) is 6.56. The molecule has 3 aromatic carbocycles. The van der Waals surface area contributed by atoms with E-state index in [0.29, 0.717) is 23.1 Å². The van der Waals surface area contributed by atoms with Crippen LogP contribution in [-0.2, 0) is 4.84 Å². The number of nitrogens with one attached hydrogen (secondary N) is 2. The number of benzene rings is 3. The van der Waals surface area contributed by atoms with Gasteiger partial charge in [0.2, 0.25) is 0 Å². The van der Waals surface area contributed by atoms with E-state index in [4.69, 9.17) is 16.4 Å². The molecule has 1 heterocycles. The maximum absolute atomic E-state index is 11.8. The smallest absolute Gasteiger partial charge is 0.337 e. The highest BCUT2D eigenvalue weighted by Gasteiger charge is 2.36. The molecule has 3 N–H and O–H groups in total. The average molecular weight is 591 g/mol. The summed E-state index contributed by atoms with van der Waals surface area (Å²) in [7, 11) is 3.98. The van der Waals surface area contributed by atoms with Crippen molar-refractivity contribution in [1.82, 2.24) is 5.48 Å². The molecule has 0 spiro atoms. The Kier molecular flexibility index (Phi) is 7.60. The van der Waals surface area contributed by atoms with Crippen molar-refractivity contribution in [1.29, 1.82) is 0 Å². The summed E-state index contributed by atoms with van der Waals surface area (Å²) in [5, 5.41) is 13.7. The molecule has 2 atom stereocenters. The normalized spacial score (nSPS) is 18.5. The van der Waals surface area contributed by atoms with Gasteiger partial charge in [0, 0.05) is 29.9 Å². The number of amidine groups is 1. The van der Waals surface area contributed by atoms with Crippen LogP contribution in [-0.4, -0.2) is 37.6 Å². The number of aliphatic imine (C=N–C) groups is 1. The van der Waals surface area contributed by atoms with Gasteiger partial charge >= 0.3 is 5.97 Å². The van der Waals surface area contributed by atoms with E-state index in [1.54, 1.807) is 12.1 Å². The lowest BCUT2D eigenvalue weighted by molar-refractivity contribution is 0.0296. The molecule has 1 aliphatic heterocycles. The first kappa shape index (κ1) is 24.3. The summed E-state index contributed by atoms with van der Waals surface area (Å²) < 4.78 is 0.824. The first-order chi connectivity index (χ1) is 16.3. The highest BCUT2D eigenvalue weighted by atomic mass is 127. The Bertz CT molecular complexity index is 1220. The molecule has 4 rings (SSSR count). The van der Waals surface area contributed by atoms with Gasteiger partial charge in [-0.1, -0.05) is 35.9 Å². The van der Waals surface area contributed by atoms with Gasteiger partial charge in [0.05, 0.1) is 27.9 Å². The number of rotatable bonds is 7. The second kappa shape index (κ2) is 10.6. The fourth-order valence-corrected chi connectivity index (χ4v) is 4.42. The summed E-state index contributed by atoms with van der Waals surface area (Å²) in [5.74, 6) is -0.703.